The van der Waals surface area contributed by atoms with Crippen molar-refractivity contribution in [3.63, 3.8) is 0 Å². The van der Waals surface area contributed by atoms with Crippen molar-refractivity contribution >= 4 is 33.5 Å². The van der Waals surface area contributed by atoms with Crippen LogP contribution in [0, 0.1) is 0 Å². The summed E-state index contributed by atoms with van der Waals surface area (Å²) in [4.78, 5) is 20.1. The van der Waals surface area contributed by atoms with Crippen molar-refractivity contribution in [2.24, 2.45) is 0 Å². The number of hydrogen-bond acceptors (Lipinski definition) is 5. The second-order valence-electron chi connectivity index (χ2n) is 4.73. The summed E-state index contributed by atoms with van der Waals surface area (Å²) in [6.45, 7) is 0. The van der Waals surface area contributed by atoms with E-state index in [0.29, 0.717) is 5.88 Å². The highest BCUT2D eigenvalue weighted by Crippen LogP contribution is 2.28. The van der Waals surface area contributed by atoms with E-state index in [4.69, 9.17) is 16.3 Å². The smallest absolute Gasteiger partial charge is 0.222 e. The van der Waals surface area contributed by atoms with Crippen molar-refractivity contribution in [2.75, 3.05) is 7.11 Å². The van der Waals surface area contributed by atoms with Gasteiger partial charge in [-0.1, -0.05) is 0 Å². The van der Waals surface area contributed by atoms with E-state index >= 15 is 0 Å². The summed E-state index contributed by atoms with van der Waals surface area (Å²) in [5.41, 5.74) is 3.28. The number of aromatic nitrogens is 5. The van der Waals surface area contributed by atoms with Crippen LogP contribution in [0.15, 0.2) is 36.8 Å². The molecule has 0 fully saturated rings. The van der Waals surface area contributed by atoms with Gasteiger partial charge >= 0.3 is 0 Å². The molecule has 22 heavy (non-hydrogen) atoms. The lowest BCUT2D eigenvalue weighted by atomic mass is 10.2. The number of rotatable bonds is 2. The SMILES string of the molecule is COc1cc2[nH]c3nc(-c4cnc(Cl)nc4)ccc3c2cn1. The molecule has 0 aliphatic carbocycles. The highest BCUT2D eigenvalue weighted by molar-refractivity contribution is 6.28. The minimum Gasteiger partial charge on any atom is -0.481 e. The summed E-state index contributed by atoms with van der Waals surface area (Å²) in [5.74, 6) is 0.561. The Kier molecular flexibility index (Phi) is 2.90. The molecule has 7 heteroatoms. The molecular formula is C15H10ClN5O. The van der Waals surface area contributed by atoms with Gasteiger partial charge in [0.25, 0.3) is 0 Å². The van der Waals surface area contributed by atoms with Gasteiger partial charge in [0.15, 0.2) is 0 Å². The Morgan fingerprint density at radius 2 is 1.86 bits per heavy atom. The number of nitrogens with one attached hydrogen (secondary N) is 1. The Labute approximate surface area is 130 Å². The van der Waals surface area contributed by atoms with Gasteiger partial charge in [-0.3, -0.25) is 0 Å². The van der Waals surface area contributed by atoms with Crippen LogP contribution in [-0.4, -0.2) is 32.0 Å². The molecule has 4 aromatic heterocycles. The molecule has 108 valence electrons. The topological polar surface area (TPSA) is 76.6 Å². The zero-order chi connectivity index (χ0) is 15.1. The lowest BCUT2D eigenvalue weighted by Gasteiger charge is -2.00. The Balaban J connectivity index is 1.90. The Morgan fingerprint density at radius 1 is 1.05 bits per heavy atom. The largest absolute Gasteiger partial charge is 0.481 e. The Hall–Kier alpha value is -2.73. The first kappa shape index (κ1) is 13.0. The second kappa shape index (κ2) is 4.92. The lowest BCUT2D eigenvalue weighted by molar-refractivity contribution is 0.398. The molecule has 0 unspecified atom stereocenters. The van der Waals surface area contributed by atoms with Crippen molar-refractivity contribution in [3.8, 4) is 17.1 Å². The van der Waals surface area contributed by atoms with Gasteiger partial charge in [0, 0.05) is 41.0 Å². The van der Waals surface area contributed by atoms with Crippen molar-refractivity contribution in [1.29, 1.82) is 0 Å². The number of halogens is 1. The van der Waals surface area contributed by atoms with Crippen LogP contribution >= 0.6 is 11.6 Å². The monoisotopic (exact) mass is 311 g/mol. The van der Waals surface area contributed by atoms with Crippen LogP contribution in [0.1, 0.15) is 0 Å². The number of ether oxygens (including phenoxy) is 1. The molecule has 0 spiro atoms. The number of pyridine rings is 2. The highest BCUT2D eigenvalue weighted by atomic mass is 35.5. The molecule has 6 nitrogen and oxygen atoms in total. The fourth-order valence-corrected chi connectivity index (χ4v) is 2.47. The van der Waals surface area contributed by atoms with Gasteiger partial charge in [0.1, 0.15) is 5.65 Å². The van der Waals surface area contributed by atoms with E-state index < -0.39 is 0 Å². The van der Waals surface area contributed by atoms with Gasteiger partial charge < -0.3 is 9.72 Å². The molecule has 0 saturated heterocycles. The van der Waals surface area contributed by atoms with Crippen molar-refractivity contribution in [2.45, 2.75) is 0 Å². The molecule has 0 aromatic carbocycles. The number of H-pyrrole nitrogens is 1. The third kappa shape index (κ3) is 2.05. The van der Waals surface area contributed by atoms with Crippen molar-refractivity contribution < 1.29 is 4.74 Å². The maximum atomic E-state index is 5.71. The molecule has 0 aliphatic rings. The predicted molar refractivity (Wildman–Crippen MR) is 84.0 cm³/mol. The summed E-state index contributed by atoms with van der Waals surface area (Å²) in [7, 11) is 1.59. The fourth-order valence-electron chi connectivity index (χ4n) is 2.37. The lowest BCUT2D eigenvalue weighted by Crippen LogP contribution is -1.88. The zero-order valence-corrected chi connectivity index (χ0v) is 12.3. The fraction of sp³-hybridized carbons (Fsp3) is 0.0667. The van der Waals surface area contributed by atoms with E-state index in [9.17, 15) is 0 Å². The second-order valence-corrected chi connectivity index (χ2v) is 5.07. The summed E-state index contributed by atoms with van der Waals surface area (Å²) >= 11 is 5.71. The van der Waals surface area contributed by atoms with Gasteiger partial charge in [-0.05, 0) is 23.7 Å². The zero-order valence-electron chi connectivity index (χ0n) is 11.5. The maximum absolute atomic E-state index is 5.71. The van der Waals surface area contributed by atoms with Crippen LogP contribution < -0.4 is 4.74 Å². The predicted octanol–water partition coefficient (Wildman–Crippen LogP) is 3.23. The first-order valence-corrected chi connectivity index (χ1v) is 6.93. The van der Waals surface area contributed by atoms with Gasteiger partial charge in [0.2, 0.25) is 11.2 Å². The summed E-state index contributed by atoms with van der Waals surface area (Å²) < 4.78 is 5.14. The van der Waals surface area contributed by atoms with Crippen LogP contribution in [-0.2, 0) is 0 Å². The van der Waals surface area contributed by atoms with Gasteiger partial charge in [-0.2, -0.15) is 0 Å². The van der Waals surface area contributed by atoms with Crippen molar-refractivity contribution in [3.05, 3.63) is 42.1 Å². The van der Waals surface area contributed by atoms with E-state index in [1.165, 1.54) is 0 Å². The molecule has 4 rings (SSSR count). The standard InChI is InChI=1S/C15H10ClN5O/c1-22-13-4-12-10(7-17-13)9-2-3-11(20-14(9)21-12)8-5-18-15(16)19-6-8/h2-7H,1H3,(H,20,21). The van der Waals surface area contributed by atoms with Gasteiger partial charge in [-0.25, -0.2) is 19.9 Å². The molecule has 0 bridgehead atoms. The van der Waals surface area contributed by atoms with E-state index in [0.717, 1.165) is 33.2 Å². The maximum Gasteiger partial charge on any atom is 0.222 e. The quantitative estimate of drug-likeness (QED) is 0.575. The third-order valence-corrected chi connectivity index (χ3v) is 3.64. The summed E-state index contributed by atoms with van der Waals surface area (Å²) in [6.07, 6.45) is 5.08. The Bertz CT molecular complexity index is 980. The molecule has 1 N–H and O–H groups in total. The molecular weight excluding hydrogens is 302 g/mol. The number of fused-ring (bicyclic) bond motifs is 3. The average Bonchev–Trinajstić information content (AvgIpc) is 2.92. The molecule has 0 atom stereocenters. The van der Waals surface area contributed by atoms with Crippen LogP contribution in [0.25, 0.3) is 33.2 Å². The third-order valence-electron chi connectivity index (χ3n) is 3.44. The van der Waals surface area contributed by atoms with Crippen LogP contribution in [0.2, 0.25) is 5.28 Å². The molecule has 0 amide bonds. The van der Waals surface area contributed by atoms with E-state index in [1.807, 2.05) is 18.2 Å². The van der Waals surface area contributed by atoms with Crippen LogP contribution in [0.4, 0.5) is 0 Å². The molecule has 4 heterocycles. The highest BCUT2D eigenvalue weighted by Gasteiger charge is 2.09. The van der Waals surface area contributed by atoms with E-state index in [-0.39, 0.29) is 5.28 Å². The van der Waals surface area contributed by atoms with Crippen LogP contribution in [0.3, 0.4) is 0 Å². The summed E-state index contributed by atoms with van der Waals surface area (Å²) in [5, 5.41) is 2.22. The first-order chi connectivity index (χ1) is 10.7. The molecule has 0 saturated carbocycles. The van der Waals surface area contributed by atoms with E-state index in [1.54, 1.807) is 25.7 Å². The number of methoxy groups -OCH3 is 1. The van der Waals surface area contributed by atoms with Gasteiger partial charge in [0.05, 0.1) is 18.3 Å². The summed E-state index contributed by atoms with van der Waals surface area (Å²) in [6, 6.07) is 5.77. The number of aromatic amines is 1. The molecule has 4 aromatic rings. The number of nitrogens with zero attached hydrogens (tertiary/aromatic N) is 4. The molecule has 0 radical (unpaired) electrons. The average molecular weight is 312 g/mol. The number of hydrogen-bond donors (Lipinski definition) is 1. The molecule has 0 aliphatic heterocycles. The Morgan fingerprint density at radius 3 is 2.64 bits per heavy atom. The minimum absolute atomic E-state index is 0.216. The first-order valence-electron chi connectivity index (χ1n) is 6.55. The van der Waals surface area contributed by atoms with Crippen molar-refractivity contribution in [1.82, 2.24) is 24.9 Å². The van der Waals surface area contributed by atoms with Crippen LogP contribution in [0.5, 0.6) is 5.88 Å². The normalized spacial score (nSPS) is 11.2. The van der Waals surface area contributed by atoms with Gasteiger partial charge in [-0.15, -0.1) is 0 Å². The van der Waals surface area contributed by atoms with E-state index in [2.05, 4.69) is 24.9 Å². The minimum atomic E-state index is 0.216.